The largest absolute Gasteiger partial charge is 0.423 e. The van der Waals surface area contributed by atoms with E-state index < -0.39 is 32.6 Å². The van der Waals surface area contributed by atoms with Crippen molar-refractivity contribution in [1.29, 1.82) is 0 Å². The van der Waals surface area contributed by atoms with Crippen LogP contribution in [0.1, 0.15) is 52.2 Å². The van der Waals surface area contributed by atoms with Gasteiger partial charge in [0.1, 0.15) is 10.5 Å². The minimum absolute atomic E-state index is 0.00124. The minimum Gasteiger partial charge on any atom is -0.423 e. The summed E-state index contributed by atoms with van der Waals surface area (Å²) in [5.74, 6) is -0.746. The number of nitrogens with zero attached hydrogens (tertiary/aromatic N) is 4. The van der Waals surface area contributed by atoms with Crippen molar-refractivity contribution in [2.24, 2.45) is 0 Å². The van der Waals surface area contributed by atoms with Crippen molar-refractivity contribution in [1.82, 2.24) is 30.7 Å². The average Bonchev–Trinajstić information content (AvgIpc) is 3.45. The standard InChI is InChI=1S/C27H26N6O6S2/c1-27(25(35)29-26(36)30-27)13-20-31-32-22(39-20)21(41(3,37)38)23-28-18-10-7-15(12-19(18)40-23)14-5-4-6-16(11-14)24(34)33(2)17-8-9-17/h4-7,10-12,17,21H,8-9,13H2,1-3H3,(H2,29,30,35,36). The molecule has 2 atom stereocenters. The molecule has 4 aromatic rings. The third kappa shape index (κ3) is 5.20. The van der Waals surface area contributed by atoms with Gasteiger partial charge in [0.2, 0.25) is 11.8 Å². The number of thiazole rings is 1. The maximum atomic E-state index is 12.9. The van der Waals surface area contributed by atoms with Crippen molar-refractivity contribution in [2.45, 2.75) is 43.0 Å². The highest BCUT2D eigenvalue weighted by molar-refractivity contribution is 7.91. The van der Waals surface area contributed by atoms with Crippen LogP contribution in [0.3, 0.4) is 0 Å². The number of sulfone groups is 1. The quantitative estimate of drug-likeness (QED) is 0.292. The van der Waals surface area contributed by atoms with E-state index in [0.717, 1.165) is 34.9 Å². The summed E-state index contributed by atoms with van der Waals surface area (Å²) in [5.41, 5.74) is 1.62. The number of hydrogen-bond acceptors (Lipinski definition) is 10. The third-order valence-electron chi connectivity index (χ3n) is 7.24. The Morgan fingerprint density at radius 3 is 2.61 bits per heavy atom. The fourth-order valence-electron chi connectivity index (χ4n) is 4.82. The van der Waals surface area contributed by atoms with Crippen LogP contribution >= 0.6 is 11.3 Å². The van der Waals surface area contributed by atoms with E-state index >= 15 is 0 Å². The zero-order valence-corrected chi connectivity index (χ0v) is 24.0. The van der Waals surface area contributed by atoms with Gasteiger partial charge in [-0.3, -0.25) is 14.9 Å². The SMILES string of the molecule is CN(C(=O)c1cccc(-c2ccc3nc(C(c4nnc(CC5(C)NC(=O)NC5=O)o4)S(C)(=O)=O)sc3c2)c1)C1CC1. The topological polar surface area (TPSA) is 164 Å². The van der Waals surface area contributed by atoms with E-state index in [2.05, 4.69) is 25.8 Å². The molecule has 4 amide bonds. The van der Waals surface area contributed by atoms with Gasteiger partial charge in [-0.25, -0.2) is 18.2 Å². The molecule has 2 unspecified atom stereocenters. The highest BCUT2D eigenvalue weighted by atomic mass is 32.2. The Kier molecular flexibility index (Phi) is 6.41. The van der Waals surface area contributed by atoms with Gasteiger partial charge in [0.05, 0.1) is 16.6 Å². The van der Waals surface area contributed by atoms with E-state index in [0.29, 0.717) is 17.1 Å². The second kappa shape index (κ2) is 9.73. The first-order valence-corrected chi connectivity index (χ1v) is 15.6. The van der Waals surface area contributed by atoms with Gasteiger partial charge in [-0.05, 0) is 55.2 Å². The molecule has 0 radical (unpaired) electrons. The molecule has 41 heavy (non-hydrogen) atoms. The van der Waals surface area contributed by atoms with Crippen LogP contribution in [-0.2, 0) is 21.1 Å². The van der Waals surface area contributed by atoms with Crippen LogP contribution in [0.2, 0.25) is 0 Å². The van der Waals surface area contributed by atoms with Crippen LogP contribution in [-0.4, -0.2) is 71.2 Å². The van der Waals surface area contributed by atoms with Gasteiger partial charge in [0.15, 0.2) is 15.1 Å². The summed E-state index contributed by atoms with van der Waals surface area (Å²) >= 11 is 1.19. The van der Waals surface area contributed by atoms with Crippen LogP contribution in [0, 0.1) is 0 Å². The molecule has 0 spiro atoms. The monoisotopic (exact) mass is 594 g/mol. The molecule has 1 aliphatic carbocycles. The number of imide groups is 1. The maximum absolute atomic E-state index is 12.9. The molecule has 1 saturated heterocycles. The summed E-state index contributed by atoms with van der Waals surface area (Å²) in [6, 6.07) is 12.7. The van der Waals surface area contributed by atoms with Gasteiger partial charge >= 0.3 is 6.03 Å². The number of carbonyl (C=O) groups excluding carboxylic acids is 3. The Labute approximate surface area is 239 Å². The number of carbonyl (C=O) groups is 3. The van der Waals surface area contributed by atoms with E-state index in [1.165, 1.54) is 18.3 Å². The zero-order chi connectivity index (χ0) is 29.1. The van der Waals surface area contributed by atoms with Crippen molar-refractivity contribution < 1.29 is 27.2 Å². The van der Waals surface area contributed by atoms with Crippen LogP contribution in [0.4, 0.5) is 4.79 Å². The molecule has 2 fully saturated rings. The Morgan fingerprint density at radius 1 is 1.17 bits per heavy atom. The van der Waals surface area contributed by atoms with Crippen LogP contribution in [0.15, 0.2) is 46.9 Å². The smallest absolute Gasteiger partial charge is 0.322 e. The van der Waals surface area contributed by atoms with Gasteiger partial charge < -0.3 is 14.6 Å². The fourth-order valence-corrected chi connectivity index (χ4v) is 7.35. The Bertz CT molecular complexity index is 1830. The maximum Gasteiger partial charge on any atom is 0.322 e. The fraction of sp³-hybridized carbons (Fsp3) is 0.333. The summed E-state index contributed by atoms with van der Waals surface area (Å²) in [7, 11) is -1.97. The summed E-state index contributed by atoms with van der Waals surface area (Å²) in [4.78, 5) is 43.0. The number of benzene rings is 2. The molecule has 14 heteroatoms. The molecule has 1 aliphatic heterocycles. The first-order chi connectivity index (χ1) is 19.4. The second-order valence-corrected chi connectivity index (χ2v) is 13.8. The zero-order valence-electron chi connectivity index (χ0n) is 22.4. The van der Waals surface area contributed by atoms with Gasteiger partial charge in [-0.2, -0.15) is 0 Å². The molecule has 2 N–H and O–H groups in total. The normalized spacial score (nSPS) is 19.7. The molecule has 12 nitrogen and oxygen atoms in total. The van der Waals surface area contributed by atoms with E-state index in [-0.39, 0.29) is 29.1 Å². The van der Waals surface area contributed by atoms with Crippen LogP contribution < -0.4 is 10.6 Å². The summed E-state index contributed by atoms with van der Waals surface area (Å²) in [5, 5.41) is 11.5. The summed E-state index contributed by atoms with van der Waals surface area (Å²) in [6.45, 7) is 1.51. The lowest BCUT2D eigenvalue weighted by atomic mass is 9.98. The number of rotatable bonds is 8. The van der Waals surface area contributed by atoms with E-state index in [4.69, 9.17) is 4.42 Å². The lowest BCUT2D eigenvalue weighted by Gasteiger charge is -2.17. The van der Waals surface area contributed by atoms with Crippen molar-refractivity contribution in [3.63, 3.8) is 0 Å². The summed E-state index contributed by atoms with van der Waals surface area (Å²) < 4.78 is 32.2. The van der Waals surface area contributed by atoms with Gasteiger partial charge in [0, 0.05) is 24.9 Å². The molecule has 0 bridgehead atoms. The van der Waals surface area contributed by atoms with E-state index in [1.54, 1.807) is 17.0 Å². The van der Waals surface area contributed by atoms with Crippen molar-refractivity contribution in [3.8, 4) is 11.1 Å². The van der Waals surface area contributed by atoms with Crippen molar-refractivity contribution >= 4 is 49.2 Å². The molecule has 2 aliphatic rings. The molecular weight excluding hydrogens is 568 g/mol. The van der Waals surface area contributed by atoms with Crippen molar-refractivity contribution in [3.05, 3.63) is 64.8 Å². The first-order valence-electron chi connectivity index (χ1n) is 12.8. The number of urea groups is 1. The van der Waals surface area contributed by atoms with Gasteiger partial charge in [-0.1, -0.05) is 18.2 Å². The highest BCUT2D eigenvalue weighted by Gasteiger charge is 2.44. The highest BCUT2D eigenvalue weighted by Crippen LogP contribution is 2.37. The average molecular weight is 595 g/mol. The lowest BCUT2D eigenvalue weighted by molar-refractivity contribution is -0.123. The molecule has 3 heterocycles. The minimum atomic E-state index is -3.79. The molecule has 1 saturated carbocycles. The molecular formula is C27H26N6O6S2. The Morgan fingerprint density at radius 2 is 1.93 bits per heavy atom. The molecule has 2 aromatic heterocycles. The number of aromatic nitrogens is 3. The molecule has 212 valence electrons. The number of hydrogen-bond donors (Lipinski definition) is 2. The van der Waals surface area contributed by atoms with Crippen LogP contribution in [0.25, 0.3) is 21.3 Å². The number of nitrogens with one attached hydrogen (secondary N) is 2. The molecule has 2 aromatic carbocycles. The van der Waals surface area contributed by atoms with Gasteiger partial charge in [-0.15, -0.1) is 21.5 Å². The summed E-state index contributed by atoms with van der Waals surface area (Å²) in [6.07, 6.45) is 3.00. The van der Waals surface area contributed by atoms with Gasteiger partial charge in [0.25, 0.3) is 11.8 Å². The first kappa shape index (κ1) is 27.0. The van der Waals surface area contributed by atoms with E-state index in [9.17, 15) is 22.8 Å². The van der Waals surface area contributed by atoms with E-state index in [1.807, 2.05) is 37.4 Å². The van der Waals surface area contributed by atoms with Crippen molar-refractivity contribution in [2.75, 3.05) is 13.3 Å². The lowest BCUT2D eigenvalue weighted by Crippen LogP contribution is -2.45. The molecule has 6 rings (SSSR count). The third-order valence-corrected chi connectivity index (χ3v) is 9.76. The predicted octanol–water partition coefficient (Wildman–Crippen LogP) is 2.86. The number of amides is 4. The Balaban J connectivity index is 1.30. The van der Waals surface area contributed by atoms with Crippen LogP contribution in [0.5, 0.6) is 0 Å². The Hall–Kier alpha value is -4.17. The predicted molar refractivity (Wildman–Crippen MR) is 150 cm³/mol. The number of fused-ring (bicyclic) bond motifs is 1. The second-order valence-electron chi connectivity index (χ2n) is 10.6.